The van der Waals surface area contributed by atoms with E-state index in [0.29, 0.717) is 17.0 Å². The van der Waals surface area contributed by atoms with Crippen LogP contribution in [0.1, 0.15) is 26.5 Å². The van der Waals surface area contributed by atoms with Gasteiger partial charge in [-0.1, -0.05) is 12.1 Å². The predicted octanol–water partition coefficient (Wildman–Crippen LogP) is 3.23. The molecule has 7 heteroatoms. The van der Waals surface area contributed by atoms with Gasteiger partial charge in [0.05, 0.1) is 25.5 Å². The molecule has 0 unspecified atom stereocenters. The molecule has 0 aliphatic rings. The smallest absolute Gasteiger partial charge is 0.337 e. The van der Waals surface area contributed by atoms with Crippen LogP contribution < -0.4 is 10.1 Å². The van der Waals surface area contributed by atoms with Gasteiger partial charge in [0, 0.05) is 17.4 Å². The summed E-state index contributed by atoms with van der Waals surface area (Å²) < 4.78 is 11.6. The number of aryl methyl sites for hydroxylation is 1. The number of esters is 1. The zero-order valence-electron chi connectivity index (χ0n) is 15.2. The molecule has 0 saturated heterocycles. The first-order valence-corrected chi connectivity index (χ1v) is 8.22. The van der Waals surface area contributed by atoms with Crippen molar-refractivity contribution in [1.82, 2.24) is 9.78 Å². The zero-order chi connectivity index (χ0) is 19.4. The van der Waals surface area contributed by atoms with Crippen LogP contribution >= 0.6 is 0 Å². The Balaban J connectivity index is 1.83. The van der Waals surface area contributed by atoms with Crippen LogP contribution in [0.5, 0.6) is 5.75 Å². The monoisotopic (exact) mass is 365 g/mol. The highest BCUT2D eigenvalue weighted by Gasteiger charge is 2.15. The van der Waals surface area contributed by atoms with Gasteiger partial charge in [0.2, 0.25) is 0 Å². The zero-order valence-corrected chi connectivity index (χ0v) is 15.2. The van der Waals surface area contributed by atoms with Crippen molar-refractivity contribution in [3.63, 3.8) is 0 Å². The molecule has 1 aromatic heterocycles. The Morgan fingerprint density at radius 1 is 1.04 bits per heavy atom. The van der Waals surface area contributed by atoms with E-state index in [9.17, 15) is 9.59 Å². The second kappa shape index (κ2) is 7.74. The van der Waals surface area contributed by atoms with Gasteiger partial charge in [-0.05, 0) is 43.3 Å². The summed E-state index contributed by atoms with van der Waals surface area (Å²) in [6.45, 7) is 1.86. The summed E-state index contributed by atoms with van der Waals surface area (Å²) in [7, 11) is 2.90. The van der Waals surface area contributed by atoms with Gasteiger partial charge in [0.25, 0.3) is 5.91 Å². The number of methoxy groups -OCH3 is 2. The summed E-state index contributed by atoms with van der Waals surface area (Å²) >= 11 is 0. The van der Waals surface area contributed by atoms with Crippen LogP contribution in [-0.4, -0.2) is 35.9 Å². The van der Waals surface area contributed by atoms with E-state index in [1.807, 2.05) is 31.2 Å². The van der Waals surface area contributed by atoms with E-state index in [1.54, 1.807) is 42.1 Å². The van der Waals surface area contributed by atoms with Crippen LogP contribution in [0.3, 0.4) is 0 Å². The van der Waals surface area contributed by atoms with Crippen molar-refractivity contribution in [2.24, 2.45) is 0 Å². The third-order valence-corrected chi connectivity index (χ3v) is 3.96. The van der Waals surface area contributed by atoms with Gasteiger partial charge in [0.15, 0.2) is 5.69 Å². The van der Waals surface area contributed by atoms with Crippen molar-refractivity contribution >= 4 is 17.6 Å². The highest BCUT2D eigenvalue weighted by Crippen LogP contribution is 2.19. The van der Waals surface area contributed by atoms with Gasteiger partial charge >= 0.3 is 5.97 Å². The van der Waals surface area contributed by atoms with Crippen LogP contribution in [-0.2, 0) is 4.74 Å². The van der Waals surface area contributed by atoms with E-state index in [2.05, 4.69) is 10.4 Å². The molecular formula is C20H19N3O4. The molecular weight excluding hydrogens is 346 g/mol. The molecule has 138 valence electrons. The summed E-state index contributed by atoms with van der Waals surface area (Å²) in [4.78, 5) is 24.2. The normalized spacial score (nSPS) is 10.3. The van der Waals surface area contributed by atoms with Gasteiger partial charge in [-0.25, -0.2) is 9.48 Å². The van der Waals surface area contributed by atoms with Crippen molar-refractivity contribution in [1.29, 1.82) is 0 Å². The Bertz CT molecular complexity index is 994. The topological polar surface area (TPSA) is 82.5 Å². The van der Waals surface area contributed by atoms with Crippen molar-refractivity contribution < 1.29 is 19.1 Å². The summed E-state index contributed by atoms with van der Waals surface area (Å²) in [5, 5.41) is 7.13. The molecule has 0 atom stereocenters. The summed E-state index contributed by atoms with van der Waals surface area (Å²) in [5.41, 5.74) is 2.69. The van der Waals surface area contributed by atoms with E-state index >= 15 is 0 Å². The van der Waals surface area contributed by atoms with Gasteiger partial charge in [-0.15, -0.1) is 0 Å². The fourth-order valence-corrected chi connectivity index (χ4v) is 2.63. The average Bonchev–Trinajstić information content (AvgIpc) is 3.09. The SMILES string of the molecule is COC(=O)c1cccc(NC(=O)c2cc(C)n(-c3cccc(OC)c3)n2)c1. The average molecular weight is 365 g/mol. The molecule has 0 aliphatic heterocycles. The van der Waals surface area contributed by atoms with Crippen molar-refractivity contribution in [2.45, 2.75) is 6.92 Å². The van der Waals surface area contributed by atoms with E-state index in [0.717, 1.165) is 11.4 Å². The number of hydrogen-bond donors (Lipinski definition) is 1. The maximum Gasteiger partial charge on any atom is 0.337 e. The molecule has 0 spiro atoms. The van der Waals surface area contributed by atoms with Crippen LogP contribution in [0.4, 0.5) is 5.69 Å². The fraction of sp³-hybridized carbons (Fsp3) is 0.150. The number of aromatic nitrogens is 2. The fourth-order valence-electron chi connectivity index (χ4n) is 2.63. The molecule has 1 amide bonds. The molecule has 3 aromatic rings. The Kier molecular flexibility index (Phi) is 5.21. The standard InChI is InChI=1S/C20H19N3O4/c1-13-10-18(22-23(13)16-8-5-9-17(12-16)26-2)19(24)21-15-7-4-6-14(11-15)20(25)27-3/h4-12H,1-3H3,(H,21,24). The highest BCUT2D eigenvalue weighted by molar-refractivity contribution is 6.03. The number of nitrogens with one attached hydrogen (secondary N) is 1. The minimum absolute atomic E-state index is 0.263. The first-order valence-electron chi connectivity index (χ1n) is 8.22. The third kappa shape index (κ3) is 3.98. The van der Waals surface area contributed by atoms with Crippen LogP contribution in [0.25, 0.3) is 5.69 Å². The molecule has 1 N–H and O–H groups in total. The van der Waals surface area contributed by atoms with Crippen molar-refractivity contribution in [3.8, 4) is 11.4 Å². The molecule has 27 heavy (non-hydrogen) atoms. The molecule has 2 aromatic carbocycles. The van der Waals surface area contributed by atoms with E-state index < -0.39 is 5.97 Å². The summed E-state index contributed by atoms with van der Waals surface area (Å²) in [6.07, 6.45) is 0. The van der Waals surface area contributed by atoms with Crippen LogP contribution in [0.15, 0.2) is 54.6 Å². The Morgan fingerprint density at radius 2 is 1.81 bits per heavy atom. The van der Waals surface area contributed by atoms with E-state index in [-0.39, 0.29) is 11.6 Å². The minimum atomic E-state index is -0.468. The number of carbonyl (C=O) groups excluding carboxylic acids is 2. The Hall–Kier alpha value is -3.61. The molecule has 0 bridgehead atoms. The molecule has 3 rings (SSSR count). The van der Waals surface area contributed by atoms with E-state index in [4.69, 9.17) is 9.47 Å². The highest BCUT2D eigenvalue weighted by atomic mass is 16.5. The molecule has 7 nitrogen and oxygen atoms in total. The second-order valence-electron chi connectivity index (χ2n) is 5.81. The maximum absolute atomic E-state index is 12.6. The van der Waals surface area contributed by atoms with Gasteiger partial charge < -0.3 is 14.8 Å². The third-order valence-electron chi connectivity index (χ3n) is 3.96. The Morgan fingerprint density at radius 3 is 2.56 bits per heavy atom. The predicted molar refractivity (Wildman–Crippen MR) is 101 cm³/mol. The number of carbonyl (C=O) groups is 2. The number of amides is 1. The lowest BCUT2D eigenvalue weighted by Gasteiger charge is -2.07. The Labute approximate surface area is 156 Å². The second-order valence-corrected chi connectivity index (χ2v) is 5.81. The maximum atomic E-state index is 12.6. The lowest BCUT2D eigenvalue weighted by atomic mass is 10.2. The number of ether oxygens (including phenoxy) is 2. The minimum Gasteiger partial charge on any atom is -0.497 e. The number of anilines is 1. The van der Waals surface area contributed by atoms with E-state index in [1.165, 1.54) is 7.11 Å². The number of rotatable bonds is 5. The first kappa shape index (κ1) is 18.2. The quantitative estimate of drug-likeness (QED) is 0.702. The van der Waals surface area contributed by atoms with Gasteiger partial charge in [0.1, 0.15) is 5.75 Å². The first-order chi connectivity index (χ1) is 13.0. The summed E-state index contributed by atoms with van der Waals surface area (Å²) in [6, 6.07) is 15.6. The largest absolute Gasteiger partial charge is 0.497 e. The number of benzene rings is 2. The number of hydrogen-bond acceptors (Lipinski definition) is 5. The van der Waals surface area contributed by atoms with Crippen molar-refractivity contribution in [3.05, 3.63) is 71.5 Å². The molecule has 0 radical (unpaired) electrons. The molecule has 0 aliphatic carbocycles. The molecule has 0 saturated carbocycles. The molecule has 1 heterocycles. The number of nitrogens with zero attached hydrogens (tertiary/aromatic N) is 2. The molecule has 0 fully saturated rings. The lowest BCUT2D eigenvalue weighted by Crippen LogP contribution is -2.14. The van der Waals surface area contributed by atoms with Crippen LogP contribution in [0.2, 0.25) is 0 Å². The van der Waals surface area contributed by atoms with Crippen LogP contribution in [0, 0.1) is 6.92 Å². The lowest BCUT2D eigenvalue weighted by molar-refractivity contribution is 0.0600. The van der Waals surface area contributed by atoms with Gasteiger partial charge in [-0.3, -0.25) is 4.79 Å². The van der Waals surface area contributed by atoms with Crippen molar-refractivity contribution in [2.75, 3.05) is 19.5 Å². The van der Waals surface area contributed by atoms with Gasteiger partial charge in [-0.2, -0.15) is 5.10 Å². The summed E-state index contributed by atoms with van der Waals surface area (Å²) in [5.74, 6) is -0.140.